The van der Waals surface area contributed by atoms with Gasteiger partial charge in [0.2, 0.25) is 0 Å². The maximum atomic E-state index is 12.4. The molecule has 0 atom stereocenters. The van der Waals surface area contributed by atoms with E-state index in [1.54, 1.807) is 23.9 Å². The van der Waals surface area contributed by atoms with Gasteiger partial charge in [-0.15, -0.1) is 11.8 Å². The third-order valence-electron chi connectivity index (χ3n) is 3.52. The van der Waals surface area contributed by atoms with Crippen LogP contribution in [0, 0.1) is 0 Å². The summed E-state index contributed by atoms with van der Waals surface area (Å²) in [6.07, 6.45) is 0.790. The molecule has 0 bridgehead atoms. The third-order valence-corrected chi connectivity index (χ3v) is 4.62. The van der Waals surface area contributed by atoms with Crippen LogP contribution in [0.5, 0.6) is 0 Å². The maximum Gasteiger partial charge on any atom is 0.416 e. The Labute approximate surface area is 122 Å². The molecule has 0 radical (unpaired) electrons. The summed E-state index contributed by atoms with van der Waals surface area (Å²) in [5.74, 6) is 0.960. The number of hydrogen-bond donors (Lipinski definition) is 0. The van der Waals surface area contributed by atoms with Crippen molar-refractivity contribution >= 4 is 11.8 Å². The lowest BCUT2D eigenvalue weighted by Gasteiger charge is -2.26. The summed E-state index contributed by atoms with van der Waals surface area (Å²) in [6.45, 7) is 3.50. The zero-order valence-electron chi connectivity index (χ0n) is 11.5. The van der Waals surface area contributed by atoms with Crippen molar-refractivity contribution in [2.24, 2.45) is 0 Å². The highest BCUT2D eigenvalue weighted by Crippen LogP contribution is 2.30. The number of hydrogen-bond acceptors (Lipinski definition) is 2. The molecule has 112 valence electrons. The van der Waals surface area contributed by atoms with Crippen LogP contribution >= 0.6 is 11.8 Å². The lowest BCUT2D eigenvalue weighted by Crippen LogP contribution is -2.30. The second kappa shape index (κ2) is 7.36. The Kier molecular flexibility index (Phi) is 5.78. The zero-order chi connectivity index (χ0) is 14.4. The molecule has 1 heterocycles. The van der Waals surface area contributed by atoms with Gasteiger partial charge in [0.15, 0.2) is 0 Å². The van der Waals surface area contributed by atoms with Crippen molar-refractivity contribution in [3.8, 4) is 0 Å². The number of piperidine rings is 1. The number of likely N-dealkylation sites (tertiary alicyclic amines) is 1. The van der Waals surface area contributed by atoms with Crippen LogP contribution in [-0.4, -0.2) is 30.3 Å². The predicted octanol–water partition coefficient (Wildman–Crippen LogP) is 4.67. The van der Waals surface area contributed by atoms with Crippen LogP contribution in [0.4, 0.5) is 13.2 Å². The van der Waals surface area contributed by atoms with Crippen LogP contribution in [0.15, 0.2) is 29.2 Å². The Bertz CT molecular complexity index is 397. The lowest BCUT2D eigenvalue weighted by atomic mass is 10.1. The summed E-state index contributed by atoms with van der Waals surface area (Å²) in [5.41, 5.74) is -0.574. The predicted molar refractivity (Wildman–Crippen MR) is 77.1 cm³/mol. The Balaban J connectivity index is 1.68. The van der Waals surface area contributed by atoms with Crippen molar-refractivity contribution in [3.63, 3.8) is 0 Å². The SMILES string of the molecule is FC(F)(F)c1ccc(SCCCN2CCCCC2)cc1. The molecule has 1 aromatic carbocycles. The molecule has 1 aliphatic rings. The van der Waals surface area contributed by atoms with Gasteiger partial charge in [0, 0.05) is 4.90 Å². The van der Waals surface area contributed by atoms with Crippen LogP contribution in [-0.2, 0) is 6.18 Å². The number of halogens is 3. The van der Waals surface area contributed by atoms with Gasteiger partial charge in [0.25, 0.3) is 0 Å². The largest absolute Gasteiger partial charge is 0.416 e. The third kappa shape index (κ3) is 5.02. The number of benzene rings is 1. The van der Waals surface area contributed by atoms with Gasteiger partial charge in [-0.2, -0.15) is 13.2 Å². The first-order valence-electron chi connectivity index (χ1n) is 7.08. The van der Waals surface area contributed by atoms with Crippen LogP contribution in [0.25, 0.3) is 0 Å². The maximum absolute atomic E-state index is 12.4. The van der Waals surface area contributed by atoms with Crippen molar-refractivity contribution in [2.75, 3.05) is 25.4 Å². The van der Waals surface area contributed by atoms with Gasteiger partial charge in [0.1, 0.15) is 0 Å². The van der Waals surface area contributed by atoms with Crippen LogP contribution < -0.4 is 0 Å². The van der Waals surface area contributed by atoms with E-state index < -0.39 is 11.7 Å². The molecular formula is C15H20F3NS. The average molecular weight is 303 g/mol. The van der Waals surface area contributed by atoms with E-state index >= 15 is 0 Å². The quantitative estimate of drug-likeness (QED) is 0.574. The fourth-order valence-corrected chi connectivity index (χ4v) is 3.24. The molecule has 20 heavy (non-hydrogen) atoms. The first-order chi connectivity index (χ1) is 9.55. The minimum absolute atomic E-state index is 0.574. The van der Waals surface area contributed by atoms with Gasteiger partial charge in [-0.25, -0.2) is 0 Å². The number of nitrogens with zero attached hydrogens (tertiary/aromatic N) is 1. The molecule has 1 aromatic rings. The Morgan fingerprint density at radius 1 is 1.00 bits per heavy atom. The van der Waals surface area contributed by atoms with Gasteiger partial charge >= 0.3 is 6.18 Å². The Hall–Kier alpha value is -0.680. The van der Waals surface area contributed by atoms with Gasteiger partial charge < -0.3 is 4.90 Å². The average Bonchev–Trinajstić information content (AvgIpc) is 2.44. The summed E-state index contributed by atoms with van der Waals surface area (Å²) in [5, 5.41) is 0. The normalized spacial score (nSPS) is 17.4. The second-order valence-electron chi connectivity index (χ2n) is 5.13. The van der Waals surface area contributed by atoms with Crippen molar-refractivity contribution in [1.82, 2.24) is 4.90 Å². The first-order valence-corrected chi connectivity index (χ1v) is 8.07. The second-order valence-corrected chi connectivity index (χ2v) is 6.29. The monoisotopic (exact) mass is 303 g/mol. The molecule has 0 spiro atoms. The standard InChI is InChI=1S/C15H20F3NS/c16-15(17,18)13-5-7-14(8-6-13)20-12-4-11-19-9-2-1-3-10-19/h5-8H,1-4,9-12H2. The lowest BCUT2D eigenvalue weighted by molar-refractivity contribution is -0.137. The van der Waals surface area contributed by atoms with E-state index in [2.05, 4.69) is 4.90 Å². The van der Waals surface area contributed by atoms with E-state index in [4.69, 9.17) is 0 Å². The summed E-state index contributed by atoms with van der Waals surface area (Å²) in [4.78, 5) is 3.40. The molecule has 0 N–H and O–H groups in total. The van der Waals surface area contributed by atoms with E-state index in [9.17, 15) is 13.2 Å². The zero-order valence-corrected chi connectivity index (χ0v) is 12.3. The molecule has 0 amide bonds. The van der Waals surface area contributed by atoms with Crippen LogP contribution in [0.1, 0.15) is 31.2 Å². The van der Waals surface area contributed by atoms with Gasteiger partial charge in [0.05, 0.1) is 5.56 Å². The molecule has 0 aromatic heterocycles. The van der Waals surface area contributed by atoms with E-state index in [0.29, 0.717) is 0 Å². The molecule has 0 unspecified atom stereocenters. The molecule has 2 rings (SSSR count). The topological polar surface area (TPSA) is 3.24 Å². The molecule has 1 fully saturated rings. The summed E-state index contributed by atoms with van der Waals surface area (Å²) in [7, 11) is 0. The van der Waals surface area contributed by atoms with E-state index in [0.717, 1.165) is 35.7 Å². The molecule has 0 saturated carbocycles. The number of thioether (sulfide) groups is 1. The minimum Gasteiger partial charge on any atom is -0.303 e. The van der Waals surface area contributed by atoms with Gasteiger partial charge in [-0.05, 0) is 68.9 Å². The van der Waals surface area contributed by atoms with Gasteiger partial charge in [-0.1, -0.05) is 6.42 Å². The van der Waals surface area contributed by atoms with E-state index in [1.165, 1.54) is 32.4 Å². The highest BCUT2D eigenvalue weighted by molar-refractivity contribution is 7.99. The smallest absolute Gasteiger partial charge is 0.303 e. The number of rotatable bonds is 5. The molecule has 1 nitrogen and oxygen atoms in total. The molecule has 1 aliphatic heterocycles. The van der Waals surface area contributed by atoms with Crippen LogP contribution in [0.2, 0.25) is 0 Å². The highest BCUT2D eigenvalue weighted by Gasteiger charge is 2.29. The Morgan fingerprint density at radius 2 is 1.65 bits per heavy atom. The fraction of sp³-hybridized carbons (Fsp3) is 0.600. The van der Waals surface area contributed by atoms with Crippen LogP contribution in [0.3, 0.4) is 0 Å². The molecule has 5 heteroatoms. The summed E-state index contributed by atoms with van der Waals surface area (Å²) < 4.78 is 37.3. The summed E-state index contributed by atoms with van der Waals surface area (Å²) in [6, 6.07) is 5.45. The summed E-state index contributed by atoms with van der Waals surface area (Å²) >= 11 is 1.63. The molecular weight excluding hydrogens is 283 g/mol. The van der Waals surface area contributed by atoms with Crippen molar-refractivity contribution in [1.29, 1.82) is 0 Å². The first kappa shape index (κ1) is 15.7. The molecule has 0 aliphatic carbocycles. The minimum atomic E-state index is -4.24. The number of alkyl halides is 3. The van der Waals surface area contributed by atoms with Crippen molar-refractivity contribution in [2.45, 2.75) is 36.8 Å². The van der Waals surface area contributed by atoms with Crippen molar-refractivity contribution in [3.05, 3.63) is 29.8 Å². The van der Waals surface area contributed by atoms with Gasteiger partial charge in [-0.3, -0.25) is 0 Å². The fourth-order valence-electron chi connectivity index (χ4n) is 2.40. The van der Waals surface area contributed by atoms with Crippen molar-refractivity contribution < 1.29 is 13.2 Å². The van der Waals surface area contributed by atoms with E-state index in [1.807, 2.05) is 0 Å². The highest BCUT2D eigenvalue weighted by atomic mass is 32.2. The Morgan fingerprint density at radius 3 is 2.25 bits per heavy atom. The molecule has 1 saturated heterocycles. The van der Waals surface area contributed by atoms with E-state index in [-0.39, 0.29) is 0 Å².